The van der Waals surface area contributed by atoms with E-state index in [1.54, 1.807) is 0 Å². The van der Waals surface area contributed by atoms with Crippen LogP contribution in [0.1, 0.15) is 71.6 Å². The molecular formula is C16H28O2. The molecule has 1 N–H and O–H groups in total. The van der Waals surface area contributed by atoms with Gasteiger partial charge in [-0.25, -0.2) is 0 Å². The maximum absolute atomic E-state index is 11.3. The molecule has 0 aromatic carbocycles. The van der Waals surface area contributed by atoms with Crippen molar-refractivity contribution in [2.24, 2.45) is 11.3 Å². The van der Waals surface area contributed by atoms with Crippen molar-refractivity contribution < 1.29 is 9.84 Å². The molecule has 3 fully saturated rings. The molecule has 2 aliphatic carbocycles. The molecule has 1 saturated heterocycles. The second-order valence-corrected chi connectivity index (χ2v) is 7.59. The Kier molecular flexibility index (Phi) is 3.02. The van der Waals surface area contributed by atoms with Crippen LogP contribution in [0.2, 0.25) is 0 Å². The number of ether oxygens (including phenoxy) is 1. The fourth-order valence-electron chi connectivity index (χ4n) is 4.63. The van der Waals surface area contributed by atoms with Crippen molar-refractivity contribution >= 4 is 0 Å². The van der Waals surface area contributed by atoms with Gasteiger partial charge in [0.05, 0.1) is 11.2 Å². The first-order valence-corrected chi connectivity index (χ1v) is 7.84. The predicted molar refractivity (Wildman–Crippen MR) is 72.5 cm³/mol. The summed E-state index contributed by atoms with van der Waals surface area (Å²) in [5.41, 5.74) is -0.206. The van der Waals surface area contributed by atoms with Crippen molar-refractivity contribution in [2.45, 2.75) is 82.8 Å². The molecule has 18 heavy (non-hydrogen) atoms. The van der Waals surface area contributed by atoms with E-state index in [0.29, 0.717) is 5.92 Å². The van der Waals surface area contributed by atoms with Crippen LogP contribution in [0.5, 0.6) is 0 Å². The van der Waals surface area contributed by atoms with Gasteiger partial charge in [-0.3, -0.25) is 0 Å². The second-order valence-electron chi connectivity index (χ2n) is 7.59. The Morgan fingerprint density at radius 2 is 1.72 bits per heavy atom. The van der Waals surface area contributed by atoms with Crippen LogP contribution < -0.4 is 0 Å². The molecule has 0 aromatic rings. The molecule has 0 bridgehead atoms. The lowest BCUT2D eigenvalue weighted by Crippen LogP contribution is -2.58. The Bertz CT molecular complexity index is 319. The number of hydrogen-bond donors (Lipinski definition) is 1. The van der Waals surface area contributed by atoms with E-state index in [-0.39, 0.29) is 11.0 Å². The quantitative estimate of drug-likeness (QED) is 0.771. The van der Waals surface area contributed by atoms with E-state index in [1.165, 1.54) is 38.5 Å². The largest absolute Gasteiger partial charge is 0.389 e. The van der Waals surface area contributed by atoms with E-state index in [0.717, 1.165) is 25.9 Å². The van der Waals surface area contributed by atoms with Crippen molar-refractivity contribution in [3.8, 4) is 0 Å². The highest BCUT2D eigenvalue weighted by Gasteiger charge is 2.54. The molecule has 2 atom stereocenters. The fourth-order valence-corrected chi connectivity index (χ4v) is 4.63. The molecule has 0 radical (unpaired) electrons. The van der Waals surface area contributed by atoms with Gasteiger partial charge in [-0.2, -0.15) is 0 Å². The minimum absolute atomic E-state index is 0.0815. The highest BCUT2D eigenvalue weighted by atomic mass is 16.5. The molecule has 1 heterocycles. The molecule has 104 valence electrons. The van der Waals surface area contributed by atoms with Crippen LogP contribution >= 0.6 is 0 Å². The van der Waals surface area contributed by atoms with E-state index in [2.05, 4.69) is 13.8 Å². The first kappa shape index (κ1) is 12.9. The van der Waals surface area contributed by atoms with Crippen LogP contribution in [0.4, 0.5) is 0 Å². The van der Waals surface area contributed by atoms with E-state index >= 15 is 0 Å². The Hall–Kier alpha value is -0.0800. The third kappa shape index (κ3) is 1.84. The summed E-state index contributed by atoms with van der Waals surface area (Å²) >= 11 is 0. The van der Waals surface area contributed by atoms with Gasteiger partial charge in [-0.05, 0) is 56.3 Å². The maximum atomic E-state index is 11.3. The molecule has 0 amide bonds. The first-order chi connectivity index (χ1) is 8.48. The third-order valence-corrected chi connectivity index (χ3v) is 6.21. The summed E-state index contributed by atoms with van der Waals surface area (Å²) in [5.74, 6) is 0.460. The summed E-state index contributed by atoms with van der Waals surface area (Å²) < 4.78 is 6.02. The number of rotatable bonds is 1. The summed E-state index contributed by atoms with van der Waals surface area (Å²) in [6, 6.07) is 0. The zero-order valence-corrected chi connectivity index (χ0v) is 12.0. The normalized spacial score (nSPS) is 42.5. The van der Waals surface area contributed by atoms with Crippen molar-refractivity contribution in [1.82, 2.24) is 0 Å². The van der Waals surface area contributed by atoms with Crippen LogP contribution in [0.15, 0.2) is 0 Å². The van der Waals surface area contributed by atoms with Crippen molar-refractivity contribution in [1.29, 1.82) is 0 Å². The zero-order chi connectivity index (χ0) is 12.9. The van der Waals surface area contributed by atoms with Crippen LogP contribution in [-0.4, -0.2) is 22.9 Å². The smallest absolute Gasteiger partial charge is 0.0728 e. The van der Waals surface area contributed by atoms with Gasteiger partial charge >= 0.3 is 0 Å². The summed E-state index contributed by atoms with van der Waals surface area (Å²) in [5, 5.41) is 11.3. The lowest BCUT2D eigenvalue weighted by molar-refractivity contribution is -0.209. The standard InChI is InChI=1S/C16H28O2/c1-14(2)7-3-4-10-16(14,17)13-6-11-18-15(12-13)8-5-9-15/h13,17H,3-12H2,1-2H3. The van der Waals surface area contributed by atoms with Gasteiger partial charge in [0.25, 0.3) is 0 Å². The third-order valence-electron chi connectivity index (χ3n) is 6.21. The van der Waals surface area contributed by atoms with Crippen molar-refractivity contribution in [2.75, 3.05) is 6.61 Å². The van der Waals surface area contributed by atoms with Gasteiger partial charge in [0.15, 0.2) is 0 Å². The Morgan fingerprint density at radius 1 is 1.00 bits per heavy atom. The molecule has 3 rings (SSSR count). The van der Waals surface area contributed by atoms with E-state index in [1.807, 2.05) is 0 Å². The monoisotopic (exact) mass is 252 g/mol. The topological polar surface area (TPSA) is 29.5 Å². The minimum atomic E-state index is -0.447. The molecule has 2 saturated carbocycles. The zero-order valence-electron chi connectivity index (χ0n) is 12.0. The van der Waals surface area contributed by atoms with Gasteiger partial charge in [-0.15, -0.1) is 0 Å². The highest BCUT2D eigenvalue weighted by molar-refractivity contribution is 5.05. The molecule has 2 nitrogen and oxygen atoms in total. The van der Waals surface area contributed by atoms with Crippen LogP contribution in [0, 0.1) is 11.3 Å². The van der Waals surface area contributed by atoms with Gasteiger partial charge in [-0.1, -0.05) is 26.7 Å². The first-order valence-electron chi connectivity index (χ1n) is 7.84. The van der Waals surface area contributed by atoms with Gasteiger partial charge in [0.2, 0.25) is 0 Å². The predicted octanol–water partition coefficient (Wildman–Crippen LogP) is 3.67. The molecule has 1 spiro atoms. The minimum Gasteiger partial charge on any atom is -0.389 e. The van der Waals surface area contributed by atoms with Gasteiger partial charge in [0.1, 0.15) is 0 Å². The Labute approximate surface area is 111 Å². The summed E-state index contributed by atoms with van der Waals surface area (Å²) in [4.78, 5) is 0. The van der Waals surface area contributed by atoms with Crippen LogP contribution in [-0.2, 0) is 4.74 Å². The lowest BCUT2D eigenvalue weighted by atomic mass is 9.56. The molecule has 1 aliphatic heterocycles. The lowest BCUT2D eigenvalue weighted by Gasteiger charge is -2.56. The number of aliphatic hydroxyl groups is 1. The molecule has 2 heteroatoms. The van der Waals surface area contributed by atoms with Crippen LogP contribution in [0.3, 0.4) is 0 Å². The summed E-state index contributed by atoms with van der Waals surface area (Å²) in [6.45, 7) is 5.41. The summed E-state index contributed by atoms with van der Waals surface area (Å²) in [6.07, 6.45) is 10.6. The van der Waals surface area contributed by atoms with E-state index in [9.17, 15) is 5.11 Å². The average molecular weight is 252 g/mol. The van der Waals surface area contributed by atoms with Gasteiger partial charge in [0, 0.05) is 6.61 Å². The maximum Gasteiger partial charge on any atom is 0.0728 e. The fraction of sp³-hybridized carbons (Fsp3) is 1.00. The van der Waals surface area contributed by atoms with E-state index < -0.39 is 5.60 Å². The molecule has 0 aromatic heterocycles. The Morgan fingerprint density at radius 3 is 2.33 bits per heavy atom. The van der Waals surface area contributed by atoms with Gasteiger partial charge < -0.3 is 9.84 Å². The van der Waals surface area contributed by atoms with E-state index in [4.69, 9.17) is 4.74 Å². The number of hydrogen-bond acceptors (Lipinski definition) is 2. The highest BCUT2D eigenvalue weighted by Crippen LogP contribution is 2.54. The molecule has 2 unspecified atom stereocenters. The Balaban J connectivity index is 1.79. The summed E-state index contributed by atoms with van der Waals surface area (Å²) in [7, 11) is 0. The van der Waals surface area contributed by atoms with Crippen molar-refractivity contribution in [3.05, 3.63) is 0 Å². The second kappa shape index (κ2) is 4.21. The SMILES string of the molecule is CC1(C)CCCCC1(O)C1CCOC2(CCC2)C1. The van der Waals surface area contributed by atoms with Crippen molar-refractivity contribution in [3.63, 3.8) is 0 Å². The molecule has 3 aliphatic rings. The average Bonchev–Trinajstić information content (AvgIpc) is 2.31. The molecular weight excluding hydrogens is 224 g/mol. The van der Waals surface area contributed by atoms with Crippen LogP contribution in [0.25, 0.3) is 0 Å².